The third-order valence-corrected chi connectivity index (χ3v) is 7.50. The Labute approximate surface area is 316 Å². The zero-order valence-corrected chi connectivity index (χ0v) is 30.8. The number of hydrogen-bond acceptors (Lipinski definition) is 7. The molecule has 234 valence electrons. The first-order chi connectivity index (χ1) is 21.4. The van der Waals surface area contributed by atoms with Gasteiger partial charge in [-0.1, -0.05) is 72.8 Å². The SMILES string of the molecule is C=C[C@@H](O)C[C@@H](O)C(C(=O)[O-])c1c(-c2ccc(F)cc2)c(-c2ccccc2)c(C(=O)NCc2ccc(C(=O)[O-])cc2)n1C(C)C.[Na+].[Na+]. The Morgan fingerprint density at radius 2 is 1.47 bits per heavy atom. The molecule has 3 atom stereocenters. The summed E-state index contributed by atoms with van der Waals surface area (Å²) in [6.45, 7) is 7.00. The number of carboxylic acid groups (broad SMARTS) is 2. The van der Waals surface area contributed by atoms with E-state index >= 15 is 0 Å². The van der Waals surface area contributed by atoms with Crippen molar-refractivity contribution < 1.29 is 98.3 Å². The normalized spacial score (nSPS) is 12.6. The smallest absolute Gasteiger partial charge is 0.549 e. The monoisotopic (exact) mass is 658 g/mol. The van der Waals surface area contributed by atoms with Gasteiger partial charge in [0, 0.05) is 35.8 Å². The van der Waals surface area contributed by atoms with Crippen molar-refractivity contribution in [2.45, 2.75) is 51.0 Å². The van der Waals surface area contributed by atoms with Gasteiger partial charge >= 0.3 is 59.1 Å². The number of rotatable bonds is 13. The van der Waals surface area contributed by atoms with E-state index in [9.17, 15) is 39.2 Å². The van der Waals surface area contributed by atoms with Crippen LogP contribution in [0.2, 0.25) is 0 Å². The van der Waals surface area contributed by atoms with E-state index in [4.69, 9.17) is 0 Å². The first kappa shape index (κ1) is 40.1. The van der Waals surface area contributed by atoms with Gasteiger partial charge in [-0.15, -0.1) is 6.58 Å². The second-order valence-electron chi connectivity index (χ2n) is 10.9. The fraction of sp³-hybridized carbons (Fsp3) is 0.229. The maximum atomic E-state index is 14.2. The maximum absolute atomic E-state index is 14.2. The number of benzene rings is 3. The van der Waals surface area contributed by atoms with E-state index in [1.54, 1.807) is 44.2 Å². The molecule has 4 rings (SSSR count). The summed E-state index contributed by atoms with van der Waals surface area (Å²) in [6, 6.07) is 19.4. The number of nitrogens with one attached hydrogen (secondary N) is 1. The summed E-state index contributed by atoms with van der Waals surface area (Å²) < 4.78 is 15.6. The van der Waals surface area contributed by atoms with Gasteiger partial charge in [-0.05, 0) is 48.2 Å². The minimum atomic E-state index is -1.72. The number of carbonyl (C=O) groups is 3. The molecule has 1 aromatic heterocycles. The largest absolute Gasteiger partial charge is 1.00 e. The van der Waals surface area contributed by atoms with E-state index in [1.807, 2.05) is 0 Å². The third-order valence-electron chi connectivity index (χ3n) is 7.50. The molecule has 0 bridgehead atoms. The molecule has 0 aliphatic rings. The molecule has 3 aromatic carbocycles. The van der Waals surface area contributed by atoms with Gasteiger partial charge in [0.25, 0.3) is 5.91 Å². The van der Waals surface area contributed by atoms with Crippen LogP contribution in [-0.2, 0) is 11.3 Å². The van der Waals surface area contributed by atoms with Crippen LogP contribution < -0.4 is 74.6 Å². The van der Waals surface area contributed by atoms with Crippen LogP contribution in [0.4, 0.5) is 4.39 Å². The van der Waals surface area contributed by atoms with Gasteiger partial charge in [-0.25, -0.2) is 4.39 Å². The summed E-state index contributed by atoms with van der Waals surface area (Å²) in [5.41, 5.74) is 2.27. The number of aliphatic carboxylic acids is 1. The Balaban J connectivity index is 0.00000384. The van der Waals surface area contributed by atoms with Crippen molar-refractivity contribution in [3.05, 3.63) is 120 Å². The molecular formula is C35H33FN2Na2O7. The van der Waals surface area contributed by atoms with Crippen molar-refractivity contribution in [2.24, 2.45) is 0 Å². The standard InChI is InChI=1S/C35H35FN2O7.2Na/c1-4-26(39)18-27(40)30(35(44)45)31-28(23-14-16-25(36)17-15-23)29(22-8-6-5-7-9-22)32(38(31)20(2)3)33(41)37-19-21-10-12-24(13-11-21)34(42)43;;/h4-17,20,26-27,30,39-40H,1,18-19H2,2-3H3,(H,37,41)(H,42,43)(H,44,45);;/q;2*+1/p-2/t26-,27-,30?;;/m1../s1. The Kier molecular flexibility index (Phi) is 15.3. The fourth-order valence-electron chi connectivity index (χ4n) is 5.42. The van der Waals surface area contributed by atoms with Crippen molar-refractivity contribution in [3.63, 3.8) is 0 Å². The number of nitrogens with zero attached hydrogens (tertiary/aromatic N) is 1. The molecule has 0 radical (unpaired) electrons. The van der Waals surface area contributed by atoms with Gasteiger partial charge in [-0.3, -0.25) is 4.79 Å². The van der Waals surface area contributed by atoms with Gasteiger partial charge in [-0.2, -0.15) is 0 Å². The molecule has 1 heterocycles. The average Bonchev–Trinajstić information content (AvgIpc) is 3.36. The summed E-state index contributed by atoms with van der Waals surface area (Å²) in [7, 11) is 0. The van der Waals surface area contributed by atoms with Crippen LogP contribution in [0.3, 0.4) is 0 Å². The Morgan fingerprint density at radius 3 is 1.98 bits per heavy atom. The Hall–Kier alpha value is -3.06. The van der Waals surface area contributed by atoms with Crippen LogP contribution in [0, 0.1) is 5.82 Å². The van der Waals surface area contributed by atoms with Gasteiger partial charge in [0.05, 0.1) is 30.1 Å². The predicted octanol–water partition coefficient (Wildman–Crippen LogP) is -3.02. The maximum Gasteiger partial charge on any atom is 1.00 e. The summed E-state index contributed by atoms with van der Waals surface area (Å²) >= 11 is 0. The zero-order valence-electron chi connectivity index (χ0n) is 26.8. The van der Waals surface area contributed by atoms with Crippen molar-refractivity contribution in [1.82, 2.24) is 9.88 Å². The minimum absolute atomic E-state index is 0. The molecule has 12 heteroatoms. The number of aliphatic hydroxyl groups excluding tert-OH is 2. The van der Waals surface area contributed by atoms with E-state index in [2.05, 4.69) is 11.9 Å². The predicted molar refractivity (Wildman–Crippen MR) is 162 cm³/mol. The molecule has 0 aliphatic heterocycles. The van der Waals surface area contributed by atoms with Crippen LogP contribution in [0.25, 0.3) is 22.3 Å². The number of aromatic carboxylic acids is 1. The number of aromatic nitrogens is 1. The molecule has 0 saturated heterocycles. The van der Waals surface area contributed by atoms with Crippen molar-refractivity contribution in [1.29, 1.82) is 0 Å². The first-order valence-corrected chi connectivity index (χ1v) is 14.3. The zero-order chi connectivity index (χ0) is 32.8. The van der Waals surface area contributed by atoms with Gasteiger partial charge < -0.3 is 39.9 Å². The molecule has 1 unspecified atom stereocenters. The van der Waals surface area contributed by atoms with Crippen molar-refractivity contribution >= 4 is 17.8 Å². The third kappa shape index (κ3) is 9.31. The number of hydrogen-bond donors (Lipinski definition) is 3. The number of halogens is 1. The fourth-order valence-corrected chi connectivity index (χ4v) is 5.42. The molecule has 47 heavy (non-hydrogen) atoms. The topological polar surface area (TPSA) is 155 Å². The summed E-state index contributed by atoms with van der Waals surface area (Å²) in [4.78, 5) is 38.2. The molecule has 3 N–H and O–H groups in total. The molecule has 0 aliphatic carbocycles. The summed E-state index contributed by atoms with van der Waals surface area (Å²) in [5.74, 6) is -5.81. The molecule has 9 nitrogen and oxygen atoms in total. The minimum Gasteiger partial charge on any atom is -0.549 e. The number of carbonyl (C=O) groups excluding carboxylic acids is 3. The van der Waals surface area contributed by atoms with Gasteiger partial charge in [0.1, 0.15) is 11.5 Å². The van der Waals surface area contributed by atoms with E-state index in [-0.39, 0.29) is 94.6 Å². The van der Waals surface area contributed by atoms with Crippen LogP contribution in [0.1, 0.15) is 64.3 Å². The molecule has 4 aromatic rings. The van der Waals surface area contributed by atoms with Crippen LogP contribution >= 0.6 is 0 Å². The molecule has 1 amide bonds. The Bertz CT molecular complexity index is 1690. The number of amides is 1. The van der Waals surface area contributed by atoms with Crippen molar-refractivity contribution in [2.75, 3.05) is 0 Å². The first-order valence-electron chi connectivity index (χ1n) is 14.3. The number of aliphatic hydroxyl groups is 2. The van der Waals surface area contributed by atoms with E-state index in [0.717, 1.165) is 0 Å². The molecule has 0 fully saturated rings. The van der Waals surface area contributed by atoms with Crippen LogP contribution in [-0.4, -0.2) is 44.8 Å². The number of carboxylic acids is 2. The van der Waals surface area contributed by atoms with Crippen LogP contribution in [0.5, 0.6) is 0 Å². The summed E-state index contributed by atoms with van der Waals surface area (Å²) in [6.07, 6.45) is -2.08. The summed E-state index contributed by atoms with van der Waals surface area (Å²) in [5, 5.41) is 48.3. The van der Waals surface area contributed by atoms with E-state index in [1.165, 1.54) is 59.2 Å². The quantitative estimate of drug-likeness (QED) is 0.102. The molecule has 0 saturated carbocycles. The van der Waals surface area contributed by atoms with Gasteiger partial charge in [0.2, 0.25) is 0 Å². The molecular weight excluding hydrogens is 625 g/mol. The van der Waals surface area contributed by atoms with E-state index in [0.29, 0.717) is 22.3 Å². The van der Waals surface area contributed by atoms with Crippen molar-refractivity contribution in [3.8, 4) is 22.3 Å². The van der Waals surface area contributed by atoms with Gasteiger partial charge in [0.15, 0.2) is 0 Å². The second-order valence-corrected chi connectivity index (χ2v) is 10.9. The average molecular weight is 659 g/mol. The molecule has 0 spiro atoms. The Morgan fingerprint density at radius 1 is 0.894 bits per heavy atom. The van der Waals surface area contributed by atoms with Crippen LogP contribution in [0.15, 0.2) is 91.5 Å². The van der Waals surface area contributed by atoms with E-state index < -0.39 is 47.8 Å². The second kappa shape index (κ2) is 17.9.